The minimum Gasteiger partial charge on any atom is -0.351 e. The summed E-state index contributed by atoms with van der Waals surface area (Å²) in [6.45, 7) is 2.65. The van der Waals surface area contributed by atoms with Crippen LogP contribution in [0.4, 0.5) is 0 Å². The van der Waals surface area contributed by atoms with E-state index in [0.717, 1.165) is 10.5 Å². The van der Waals surface area contributed by atoms with Crippen molar-refractivity contribution >= 4 is 17.7 Å². The number of hydrogen-bond donors (Lipinski definition) is 1. The summed E-state index contributed by atoms with van der Waals surface area (Å²) in [4.78, 5) is 12.8. The van der Waals surface area contributed by atoms with Gasteiger partial charge in [-0.1, -0.05) is 48.0 Å². The van der Waals surface area contributed by atoms with E-state index in [1.54, 1.807) is 11.8 Å². The maximum Gasteiger partial charge on any atom is 0.230 e. The molecule has 3 heteroatoms. The fourth-order valence-corrected chi connectivity index (χ4v) is 2.37. The number of aryl methyl sites for hydroxylation is 1. The predicted molar refractivity (Wildman–Crippen MR) is 80.2 cm³/mol. The Morgan fingerprint density at radius 2 is 1.74 bits per heavy atom. The van der Waals surface area contributed by atoms with E-state index in [2.05, 4.69) is 24.4 Å². The normalized spacial score (nSPS) is 10.2. The van der Waals surface area contributed by atoms with Crippen molar-refractivity contribution in [1.82, 2.24) is 5.32 Å². The molecule has 2 rings (SSSR count). The van der Waals surface area contributed by atoms with Gasteiger partial charge in [-0.25, -0.2) is 0 Å². The fourth-order valence-electron chi connectivity index (χ4n) is 1.62. The molecule has 98 valence electrons. The molecule has 0 saturated carbocycles. The molecule has 0 heterocycles. The average Bonchev–Trinajstić information content (AvgIpc) is 2.45. The van der Waals surface area contributed by atoms with Crippen LogP contribution in [-0.2, 0) is 11.3 Å². The van der Waals surface area contributed by atoms with Gasteiger partial charge in [-0.15, -0.1) is 11.8 Å². The van der Waals surface area contributed by atoms with Crippen LogP contribution in [0.2, 0.25) is 0 Å². The van der Waals surface area contributed by atoms with Crippen LogP contribution in [-0.4, -0.2) is 11.7 Å². The van der Waals surface area contributed by atoms with Gasteiger partial charge in [0.25, 0.3) is 0 Å². The zero-order valence-electron chi connectivity index (χ0n) is 10.9. The van der Waals surface area contributed by atoms with Gasteiger partial charge in [0, 0.05) is 11.4 Å². The van der Waals surface area contributed by atoms with Gasteiger partial charge in [0.2, 0.25) is 5.91 Å². The number of benzene rings is 2. The Morgan fingerprint density at radius 1 is 1.05 bits per heavy atom. The molecule has 0 saturated heterocycles. The Kier molecular flexibility index (Phi) is 5.04. The van der Waals surface area contributed by atoms with Crippen LogP contribution in [0.1, 0.15) is 11.1 Å². The van der Waals surface area contributed by atoms with Gasteiger partial charge in [-0.3, -0.25) is 4.79 Å². The molecule has 0 spiro atoms. The summed E-state index contributed by atoms with van der Waals surface area (Å²) in [5.74, 6) is 0.519. The SMILES string of the molecule is Cc1ccc(CNC(=O)CSc2ccccc2)cc1. The van der Waals surface area contributed by atoms with Crippen LogP contribution >= 0.6 is 11.8 Å². The smallest absolute Gasteiger partial charge is 0.230 e. The fraction of sp³-hybridized carbons (Fsp3) is 0.188. The van der Waals surface area contributed by atoms with Crippen molar-refractivity contribution in [2.24, 2.45) is 0 Å². The lowest BCUT2D eigenvalue weighted by Crippen LogP contribution is -2.24. The molecule has 1 N–H and O–H groups in total. The van der Waals surface area contributed by atoms with Crippen LogP contribution in [0, 0.1) is 6.92 Å². The third kappa shape index (κ3) is 4.79. The van der Waals surface area contributed by atoms with E-state index in [1.807, 2.05) is 42.5 Å². The van der Waals surface area contributed by atoms with Gasteiger partial charge in [-0.2, -0.15) is 0 Å². The molecule has 1 amide bonds. The van der Waals surface area contributed by atoms with Crippen molar-refractivity contribution < 1.29 is 4.79 Å². The highest BCUT2D eigenvalue weighted by atomic mass is 32.2. The van der Waals surface area contributed by atoms with Crippen molar-refractivity contribution in [1.29, 1.82) is 0 Å². The summed E-state index contributed by atoms with van der Waals surface area (Å²) in [6, 6.07) is 18.1. The largest absolute Gasteiger partial charge is 0.351 e. The van der Waals surface area contributed by atoms with Crippen LogP contribution < -0.4 is 5.32 Å². The topological polar surface area (TPSA) is 29.1 Å². The molecule has 0 aromatic heterocycles. The lowest BCUT2D eigenvalue weighted by Gasteiger charge is -2.05. The second-order valence-corrected chi connectivity index (χ2v) is 5.41. The van der Waals surface area contributed by atoms with Crippen molar-refractivity contribution in [3.63, 3.8) is 0 Å². The number of amides is 1. The second-order valence-electron chi connectivity index (χ2n) is 4.36. The molecule has 0 aliphatic carbocycles. The van der Waals surface area contributed by atoms with E-state index in [4.69, 9.17) is 0 Å². The molecule has 0 atom stereocenters. The number of rotatable bonds is 5. The van der Waals surface area contributed by atoms with Gasteiger partial charge >= 0.3 is 0 Å². The highest BCUT2D eigenvalue weighted by Gasteiger charge is 2.02. The number of thioether (sulfide) groups is 1. The maximum atomic E-state index is 11.7. The quantitative estimate of drug-likeness (QED) is 0.844. The molecule has 0 radical (unpaired) electrons. The first-order chi connectivity index (χ1) is 9.24. The minimum atomic E-state index is 0.0643. The zero-order valence-corrected chi connectivity index (χ0v) is 11.7. The maximum absolute atomic E-state index is 11.7. The minimum absolute atomic E-state index is 0.0643. The zero-order chi connectivity index (χ0) is 13.5. The van der Waals surface area contributed by atoms with Crippen LogP contribution in [0.25, 0.3) is 0 Å². The first-order valence-electron chi connectivity index (χ1n) is 6.24. The first kappa shape index (κ1) is 13.7. The Labute approximate surface area is 118 Å². The Balaban J connectivity index is 1.74. The third-order valence-electron chi connectivity index (χ3n) is 2.72. The lowest BCUT2D eigenvalue weighted by atomic mass is 10.1. The summed E-state index contributed by atoms with van der Waals surface area (Å²) in [5.41, 5.74) is 2.36. The second kappa shape index (κ2) is 7.00. The van der Waals surface area contributed by atoms with Crippen molar-refractivity contribution in [3.8, 4) is 0 Å². The van der Waals surface area contributed by atoms with E-state index in [-0.39, 0.29) is 5.91 Å². The molecule has 0 aliphatic rings. The van der Waals surface area contributed by atoms with E-state index in [9.17, 15) is 4.79 Å². The van der Waals surface area contributed by atoms with Crippen molar-refractivity contribution in [2.45, 2.75) is 18.4 Å². The van der Waals surface area contributed by atoms with Gasteiger partial charge < -0.3 is 5.32 Å². The molecule has 2 aromatic rings. The van der Waals surface area contributed by atoms with E-state index in [0.29, 0.717) is 12.3 Å². The first-order valence-corrected chi connectivity index (χ1v) is 7.23. The highest BCUT2D eigenvalue weighted by Crippen LogP contribution is 2.16. The standard InChI is InChI=1S/C16H17NOS/c1-13-7-9-14(10-8-13)11-17-16(18)12-19-15-5-3-2-4-6-15/h2-10H,11-12H2,1H3,(H,17,18). The number of carbonyl (C=O) groups is 1. The lowest BCUT2D eigenvalue weighted by molar-refractivity contribution is -0.118. The van der Waals surface area contributed by atoms with Gasteiger partial charge in [-0.05, 0) is 24.6 Å². The van der Waals surface area contributed by atoms with Crippen LogP contribution in [0.15, 0.2) is 59.5 Å². The van der Waals surface area contributed by atoms with E-state index >= 15 is 0 Å². The van der Waals surface area contributed by atoms with Gasteiger partial charge in [0.15, 0.2) is 0 Å². The summed E-state index contributed by atoms with van der Waals surface area (Å²) in [5, 5.41) is 2.93. The molecule has 19 heavy (non-hydrogen) atoms. The number of hydrogen-bond acceptors (Lipinski definition) is 2. The monoisotopic (exact) mass is 271 g/mol. The predicted octanol–water partition coefficient (Wildman–Crippen LogP) is 3.40. The summed E-state index contributed by atoms with van der Waals surface area (Å²) < 4.78 is 0. The van der Waals surface area contributed by atoms with Crippen LogP contribution in [0.3, 0.4) is 0 Å². The molecule has 2 nitrogen and oxygen atoms in total. The Bertz CT molecular complexity index is 522. The van der Waals surface area contributed by atoms with Crippen molar-refractivity contribution in [2.75, 3.05) is 5.75 Å². The molecular weight excluding hydrogens is 254 g/mol. The van der Waals surface area contributed by atoms with E-state index in [1.165, 1.54) is 5.56 Å². The molecule has 0 unspecified atom stereocenters. The van der Waals surface area contributed by atoms with Gasteiger partial charge in [0.05, 0.1) is 5.75 Å². The van der Waals surface area contributed by atoms with E-state index < -0.39 is 0 Å². The summed E-state index contributed by atoms with van der Waals surface area (Å²) in [7, 11) is 0. The van der Waals surface area contributed by atoms with Crippen molar-refractivity contribution in [3.05, 3.63) is 65.7 Å². The Morgan fingerprint density at radius 3 is 2.42 bits per heavy atom. The molecular formula is C16H17NOS. The average molecular weight is 271 g/mol. The molecule has 0 fully saturated rings. The van der Waals surface area contributed by atoms with Gasteiger partial charge in [0.1, 0.15) is 0 Å². The summed E-state index contributed by atoms with van der Waals surface area (Å²) in [6.07, 6.45) is 0. The molecule has 2 aromatic carbocycles. The number of carbonyl (C=O) groups excluding carboxylic acids is 1. The summed E-state index contributed by atoms with van der Waals surface area (Å²) >= 11 is 1.55. The molecule has 0 bridgehead atoms. The third-order valence-corrected chi connectivity index (χ3v) is 3.74. The van der Waals surface area contributed by atoms with Crippen LogP contribution in [0.5, 0.6) is 0 Å². The number of nitrogens with one attached hydrogen (secondary N) is 1. The Hall–Kier alpha value is -1.74. The highest BCUT2D eigenvalue weighted by molar-refractivity contribution is 8.00. The molecule has 0 aliphatic heterocycles.